The Hall–Kier alpha value is -2.07. The molecule has 2 aliphatic carbocycles. The molecule has 4 rings (SSSR count). The van der Waals surface area contributed by atoms with Crippen LogP contribution in [0.2, 0.25) is 5.02 Å². The summed E-state index contributed by atoms with van der Waals surface area (Å²) in [5.74, 6) is -0.219. The van der Waals surface area contributed by atoms with Gasteiger partial charge in [-0.1, -0.05) is 45.4 Å². The summed E-state index contributed by atoms with van der Waals surface area (Å²) in [6.45, 7) is 8.48. The molecule has 0 unspecified atom stereocenters. The summed E-state index contributed by atoms with van der Waals surface area (Å²) in [5.41, 5.74) is 4.04. The molecule has 1 heterocycles. The first-order valence-electron chi connectivity index (χ1n) is 10.1. The Bertz CT molecular complexity index is 945. The highest BCUT2D eigenvalue weighted by molar-refractivity contribution is 6.32. The van der Waals surface area contributed by atoms with E-state index >= 15 is 0 Å². The van der Waals surface area contributed by atoms with Crippen molar-refractivity contribution in [2.24, 2.45) is 10.8 Å². The van der Waals surface area contributed by atoms with Crippen molar-refractivity contribution in [1.82, 2.24) is 4.90 Å². The van der Waals surface area contributed by atoms with Gasteiger partial charge in [-0.3, -0.25) is 9.59 Å². The molecule has 0 radical (unpaired) electrons. The first-order valence-corrected chi connectivity index (χ1v) is 10.5. The summed E-state index contributed by atoms with van der Waals surface area (Å²) in [6, 6.07) is 5.03. The summed E-state index contributed by atoms with van der Waals surface area (Å²) in [4.78, 5) is 28.8. The second-order valence-electron chi connectivity index (χ2n) is 10.3. The highest BCUT2D eigenvalue weighted by atomic mass is 35.5. The topological polar surface area (TPSA) is 57.6 Å². The van der Waals surface area contributed by atoms with Crippen LogP contribution in [0.3, 0.4) is 0 Å². The minimum absolute atomic E-state index is 0.000965. The number of allylic oxidation sites excluding steroid dienone is 4. The van der Waals surface area contributed by atoms with Crippen molar-refractivity contribution >= 4 is 23.2 Å². The van der Waals surface area contributed by atoms with Gasteiger partial charge in [0.1, 0.15) is 5.75 Å². The van der Waals surface area contributed by atoms with E-state index in [0.29, 0.717) is 12.8 Å². The van der Waals surface area contributed by atoms with Gasteiger partial charge in [0.25, 0.3) is 0 Å². The van der Waals surface area contributed by atoms with Crippen LogP contribution in [0.5, 0.6) is 5.75 Å². The highest BCUT2D eigenvalue weighted by Crippen LogP contribution is 2.54. The molecule has 5 heteroatoms. The van der Waals surface area contributed by atoms with E-state index in [2.05, 4.69) is 32.6 Å². The van der Waals surface area contributed by atoms with E-state index in [1.807, 2.05) is 7.05 Å². The van der Waals surface area contributed by atoms with Gasteiger partial charge in [0.05, 0.1) is 5.02 Å². The fourth-order valence-electron chi connectivity index (χ4n) is 5.20. The van der Waals surface area contributed by atoms with Crippen LogP contribution in [0.4, 0.5) is 0 Å². The third-order valence-corrected chi connectivity index (χ3v) is 6.79. The molecule has 1 N–H and O–H groups in total. The molecule has 0 saturated carbocycles. The van der Waals surface area contributed by atoms with Gasteiger partial charge in [0.15, 0.2) is 11.6 Å². The number of phenolic OH excluding ortho intramolecular Hbond substituents is 1. The first kappa shape index (κ1) is 20.2. The molecule has 29 heavy (non-hydrogen) atoms. The standard InChI is InChI=1S/C24H28ClNO3/c1-23(2)9-15-21(18(28)11-23)20(13-6-7-17(27)14(25)8-13)22-16(26(15)5)10-24(3,4)12-19(22)29/h6-8,20,27H,9-12H2,1-5H3. The largest absolute Gasteiger partial charge is 0.506 e. The minimum atomic E-state index is -0.415. The number of hydrogen-bond acceptors (Lipinski definition) is 4. The fourth-order valence-corrected chi connectivity index (χ4v) is 5.39. The lowest BCUT2D eigenvalue weighted by atomic mass is 9.64. The molecule has 0 spiro atoms. The van der Waals surface area contributed by atoms with Crippen molar-refractivity contribution in [3.8, 4) is 5.75 Å². The van der Waals surface area contributed by atoms with Crippen LogP contribution in [0, 0.1) is 10.8 Å². The van der Waals surface area contributed by atoms with Crippen LogP contribution in [-0.2, 0) is 9.59 Å². The Morgan fingerprint density at radius 1 is 0.931 bits per heavy atom. The molecule has 0 atom stereocenters. The molecule has 0 saturated heterocycles. The Labute approximate surface area is 177 Å². The number of Topliss-reactive ketones (excluding diaryl/α,β-unsaturated/α-hetero) is 2. The predicted molar refractivity (Wildman–Crippen MR) is 114 cm³/mol. The molecule has 0 aromatic heterocycles. The van der Waals surface area contributed by atoms with E-state index < -0.39 is 5.92 Å². The summed E-state index contributed by atoms with van der Waals surface area (Å²) in [7, 11) is 1.99. The number of halogens is 1. The number of ketones is 2. The number of nitrogens with zero attached hydrogens (tertiary/aromatic N) is 1. The third kappa shape index (κ3) is 3.31. The lowest BCUT2D eigenvalue weighted by molar-refractivity contribution is -0.119. The quantitative estimate of drug-likeness (QED) is 0.673. The number of benzene rings is 1. The van der Waals surface area contributed by atoms with Crippen LogP contribution in [0.1, 0.15) is 64.9 Å². The van der Waals surface area contributed by atoms with Crippen molar-refractivity contribution in [1.29, 1.82) is 0 Å². The van der Waals surface area contributed by atoms with E-state index in [0.717, 1.165) is 40.9 Å². The second kappa shape index (κ2) is 6.46. The summed E-state index contributed by atoms with van der Waals surface area (Å²) in [6.07, 6.45) is 2.51. The highest BCUT2D eigenvalue weighted by Gasteiger charge is 2.48. The van der Waals surface area contributed by atoms with Crippen LogP contribution in [0.25, 0.3) is 0 Å². The zero-order valence-electron chi connectivity index (χ0n) is 17.7. The molecule has 1 aromatic rings. The van der Waals surface area contributed by atoms with Crippen molar-refractivity contribution in [3.63, 3.8) is 0 Å². The Kier molecular flexibility index (Phi) is 4.51. The smallest absolute Gasteiger partial charge is 0.162 e. The summed E-state index contributed by atoms with van der Waals surface area (Å²) >= 11 is 6.21. The molecule has 154 valence electrons. The van der Waals surface area contributed by atoms with Gasteiger partial charge < -0.3 is 10.0 Å². The van der Waals surface area contributed by atoms with Crippen LogP contribution in [0.15, 0.2) is 40.7 Å². The second-order valence-corrected chi connectivity index (χ2v) is 10.7. The number of aromatic hydroxyl groups is 1. The number of carbonyl (C=O) groups excluding carboxylic acids is 2. The monoisotopic (exact) mass is 413 g/mol. The van der Waals surface area contributed by atoms with Gasteiger partial charge in [-0.2, -0.15) is 0 Å². The van der Waals surface area contributed by atoms with Gasteiger partial charge in [-0.15, -0.1) is 0 Å². The van der Waals surface area contributed by atoms with E-state index in [1.165, 1.54) is 0 Å². The Morgan fingerprint density at radius 2 is 1.41 bits per heavy atom. The zero-order valence-corrected chi connectivity index (χ0v) is 18.5. The van der Waals surface area contributed by atoms with Gasteiger partial charge in [0.2, 0.25) is 0 Å². The lowest BCUT2D eigenvalue weighted by Gasteiger charge is -2.47. The zero-order chi connectivity index (χ0) is 21.3. The van der Waals surface area contributed by atoms with E-state index in [1.54, 1.807) is 18.2 Å². The van der Waals surface area contributed by atoms with Crippen molar-refractivity contribution in [2.45, 2.75) is 59.3 Å². The molecule has 0 bridgehead atoms. The van der Waals surface area contributed by atoms with Crippen LogP contribution >= 0.6 is 11.6 Å². The molecule has 0 amide bonds. The maximum absolute atomic E-state index is 13.3. The van der Waals surface area contributed by atoms with E-state index in [9.17, 15) is 14.7 Å². The number of carbonyl (C=O) groups is 2. The van der Waals surface area contributed by atoms with Gasteiger partial charge in [-0.05, 0) is 41.4 Å². The predicted octanol–water partition coefficient (Wildman–Crippen LogP) is 5.36. The van der Waals surface area contributed by atoms with Gasteiger partial charge >= 0.3 is 0 Å². The van der Waals surface area contributed by atoms with Crippen molar-refractivity contribution in [2.75, 3.05) is 7.05 Å². The average molecular weight is 414 g/mol. The van der Waals surface area contributed by atoms with Crippen molar-refractivity contribution in [3.05, 3.63) is 51.3 Å². The Balaban J connectivity index is 1.98. The van der Waals surface area contributed by atoms with E-state index in [-0.39, 0.29) is 33.2 Å². The molecule has 1 aromatic carbocycles. The van der Waals surface area contributed by atoms with Gasteiger partial charge in [-0.25, -0.2) is 0 Å². The maximum Gasteiger partial charge on any atom is 0.162 e. The normalized spacial score (nSPS) is 24.0. The number of rotatable bonds is 1. The third-order valence-electron chi connectivity index (χ3n) is 6.49. The molecule has 3 aliphatic rings. The van der Waals surface area contributed by atoms with Crippen LogP contribution in [-0.4, -0.2) is 28.6 Å². The molecule has 0 fully saturated rings. The molecule has 4 nitrogen and oxygen atoms in total. The maximum atomic E-state index is 13.3. The van der Waals surface area contributed by atoms with Crippen LogP contribution < -0.4 is 0 Å². The number of hydrogen-bond donors (Lipinski definition) is 1. The SMILES string of the molecule is CN1C2=C(C(=O)CC(C)(C)C2)C(c2ccc(O)c(Cl)c2)C2=C1CC(C)(C)CC2=O. The molecular formula is C24H28ClNO3. The summed E-state index contributed by atoms with van der Waals surface area (Å²) < 4.78 is 0. The molecular weight excluding hydrogens is 386 g/mol. The first-order chi connectivity index (χ1) is 13.4. The Morgan fingerprint density at radius 3 is 1.86 bits per heavy atom. The average Bonchev–Trinajstić information content (AvgIpc) is 2.57. The van der Waals surface area contributed by atoms with E-state index in [4.69, 9.17) is 11.6 Å². The van der Waals surface area contributed by atoms with Gasteiger partial charge in [0, 0.05) is 48.3 Å². The number of phenols is 1. The summed E-state index contributed by atoms with van der Waals surface area (Å²) in [5, 5.41) is 10.1. The molecule has 1 aliphatic heterocycles. The fraction of sp³-hybridized carbons (Fsp3) is 0.500. The van der Waals surface area contributed by atoms with Crippen molar-refractivity contribution < 1.29 is 14.7 Å². The minimum Gasteiger partial charge on any atom is -0.506 e. The lowest BCUT2D eigenvalue weighted by Crippen LogP contribution is -2.43.